The van der Waals surface area contributed by atoms with Crippen molar-refractivity contribution >= 4 is 22.8 Å². The summed E-state index contributed by atoms with van der Waals surface area (Å²) in [7, 11) is 0. The predicted octanol–water partition coefficient (Wildman–Crippen LogP) is 5.95. The Kier molecular flexibility index (Phi) is 7.02. The fourth-order valence-corrected chi connectivity index (χ4v) is 4.71. The van der Waals surface area contributed by atoms with Crippen LogP contribution < -0.4 is 10.3 Å². The fraction of sp³-hybridized carbons (Fsp3) is 0.250. The van der Waals surface area contributed by atoms with Crippen LogP contribution in [0.1, 0.15) is 55.0 Å². The molecule has 0 unspecified atom stereocenters. The Labute approximate surface area is 212 Å². The lowest BCUT2D eigenvalue weighted by atomic mass is 9.88. The van der Waals surface area contributed by atoms with Gasteiger partial charge in [0.15, 0.2) is 0 Å². The molecule has 0 aliphatic heterocycles. The van der Waals surface area contributed by atoms with E-state index in [0.29, 0.717) is 22.3 Å². The molecule has 0 radical (unpaired) electrons. The van der Waals surface area contributed by atoms with Crippen LogP contribution >= 0.6 is 0 Å². The Morgan fingerprint density at radius 2 is 1.81 bits per heavy atom. The summed E-state index contributed by atoms with van der Waals surface area (Å²) in [6.07, 6.45) is 6.44. The Morgan fingerprint density at radius 3 is 2.59 bits per heavy atom. The van der Waals surface area contributed by atoms with Gasteiger partial charge in [0.25, 0.3) is 5.56 Å². The van der Waals surface area contributed by atoms with Gasteiger partial charge in [-0.2, -0.15) is 9.78 Å². The van der Waals surface area contributed by atoms with E-state index in [-0.39, 0.29) is 35.1 Å². The minimum absolute atomic E-state index is 0.0551. The fourth-order valence-electron chi connectivity index (χ4n) is 4.71. The number of nitro groups is 1. The molecule has 9 heteroatoms. The lowest BCUT2D eigenvalue weighted by Gasteiger charge is -2.22. The average Bonchev–Trinajstić information content (AvgIpc) is 2.92. The second-order valence-corrected chi connectivity index (χ2v) is 9.02. The molecular formula is C28H25FN4O4. The maximum absolute atomic E-state index is 14.1. The lowest BCUT2D eigenvalue weighted by molar-refractivity contribution is -0.386. The number of hydrogen-bond acceptors (Lipinski definition) is 6. The molecule has 1 heterocycles. The van der Waals surface area contributed by atoms with E-state index in [1.807, 2.05) is 12.1 Å². The standard InChI is InChI=1S/C28H25FN4O4/c29-23-14-6-4-11-21(23)18-37-26-20(12-8-16-25(26)33(35)36)17-30-32-27(19-9-2-1-3-10-19)31-24-15-7-5-13-22(24)28(32)34/h4-8,11-17,19H,1-3,9-10,18H2. The molecule has 1 aromatic heterocycles. The molecule has 0 spiro atoms. The van der Waals surface area contributed by atoms with E-state index in [2.05, 4.69) is 5.10 Å². The molecule has 37 heavy (non-hydrogen) atoms. The Morgan fingerprint density at radius 1 is 1.05 bits per heavy atom. The molecule has 1 fully saturated rings. The van der Waals surface area contributed by atoms with Gasteiger partial charge in [-0.25, -0.2) is 9.37 Å². The molecule has 0 atom stereocenters. The summed E-state index contributed by atoms with van der Waals surface area (Å²) in [4.78, 5) is 29.4. The number of ether oxygens (including phenoxy) is 1. The van der Waals surface area contributed by atoms with Crippen molar-refractivity contribution in [1.82, 2.24) is 9.66 Å². The number of aromatic nitrogens is 2. The molecule has 0 bridgehead atoms. The SMILES string of the molecule is O=c1c2ccccc2nc(C2CCCCC2)n1N=Cc1cccc([N+](=O)[O-])c1OCc1ccccc1F. The zero-order valence-corrected chi connectivity index (χ0v) is 20.0. The van der Waals surface area contributed by atoms with Crippen LogP contribution in [0.25, 0.3) is 10.9 Å². The smallest absolute Gasteiger partial charge is 0.311 e. The molecule has 3 aromatic carbocycles. The van der Waals surface area contributed by atoms with Crippen LogP contribution in [-0.2, 0) is 6.61 Å². The van der Waals surface area contributed by atoms with Gasteiger partial charge in [0.1, 0.15) is 18.2 Å². The molecule has 188 valence electrons. The van der Waals surface area contributed by atoms with Crippen LogP contribution in [-0.4, -0.2) is 20.8 Å². The van der Waals surface area contributed by atoms with Gasteiger partial charge in [0.2, 0.25) is 5.75 Å². The highest BCUT2D eigenvalue weighted by molar-refractivity contribution is 5.86. The van der Waals surface area contributed by atoms with Crippen molar-refractivity contribution in [3.63, 3.8) is 0 Å². The van der Waals surface area contributed by atoms with Gasteiger partial charge in [-0.05, 0) is 37.1 Å². The number of nitro benzene ring substituents is 1. The van der Waals surface area contributed by atoms with Gasteiger partial charge in [0.05, 0.1) is 22.0 Å². The van der Waals surface area contributed by atoms with Crippen LogP contribution in [0, 0.1) is 15.9 Å². The molecular weight excluding hydrogens is 475 g/mol. The monoisotopic (exact) mass is 500 g/mol. The second-order valence-electron chi connectivity index (χ2n) is 9.02. The highest BCUT2D eigenvalue weighted by Gasteiger charge is 2.23. The first-order chi connectivity index (χ1) is 18.0. The largest absolute Gasteiger partial charge is 0.481 e. The third-order valence-corrected chi connectivity index (χ3v) is 6.61. The summed E-state index contributed by atoms with van der Waals surface area (Å²) in [5, 5.41) is 16.6. The summed E-state index contributed by atoms with van der Waals surface area (Å²) in [5.41, 5.74) is 0.584. The highest BCUT2D eigenvalue weighted by atomic mass is 19.1. The van der Waals surface area contributed by atoms with Crippen molar-refractivity contribution in [2.24, 2.45) is 5.10 Å². The van der Waals surface area contributed by atoms with Gasteiger partial charge in [-0.1, -0.05) is 55.7 Å². The number of halogens is 1. The molecule has 0 N–H and O–H groups in total. The molecule has 1 saturated carbocycles. The molecule has 0 saturated heterocycles. The van der Waals surface area contributed by atoms with Crippen LogP contribution in [0.2, 0.25) is 0 Å². The maximum atomic E-state index is 14.1. The van der Waals surface area contributed by atoms with Gasteiger partial charge in [-0.15, -0.1) is 0 Å². The number of benzene rings is 3. The van der Waals surface area contributed by atoms with Crippen molar-refractivity contribution in [2.75, 3.05) is 0 Å². The van der Waals surface area contributed by atoms with Gasteiger partial charge < -0.3 is 4.74 Å². The van der Waals surface area contributed by atoms with Gasteiger partial charge in [-0.3, -0.25) is 14.9 Å². The molecule has 0 amide bonds. The minimum atomic E-state index is -0.564. The summed E-state index contributed by atoms with van der Waals surface area (Å²) in [5.74, 6) is 0.145. The Balaban J connectivity index is 1.58. The highest BCUT2D eigenvalue weighted by Crippen LogP contribution is 2.33. The van der Waals surface area contributed by atoms with E-state index < -0.39 is 10.7 Å². The first-order valence-electron chi connectivity index (χ1n) is 12.2. The van der Waals surface area contributed by atoms with Crippen molar-refractivity contribution in [3.8, 4) is 5.75 Å². The van der Waals surface area contributed by atoms with Crippen molar-refractivity contribution < 1.29 is 14.1 Å². The Bertz CT molecular complexity index is 1540. The van der Waals surface area contributed by atoms with E-state index in [9.17, 15) is 19.3 Å². The molecule has 1 aliphatic rings. The maximum Gasteiger partial charge on any atom is 0.311 e. The third-order valence-electron chi connectivity index (χ3n) is 6.61. The van der Waals surface area contributed by atoms with Gasteiger partial charge >= 0.3 is 5.69 Å². The van der Waals surface area contributed by atoms with Gasteiger partial charge in [0, 0.05) is 23.1 Å². The van der Waals surface area contributed by atoms with E-state index in [1.54, 1.807) is 36.4 Å². The normalized spacial score (nSPS) is 14.3. The minimum Gasteiger partial charge on any atom is -0.481 e. The number of para-hydroxylation sites is 2. The van der Waals surface area contributed by atoms with Crippen LogP contribution in [0.3, 0.4) is 0 Å². The number of hydrogen-bond donors (Lipinski definition) is 0. The first-order valence-corrected chi connectivity index (χ1v) is 12.2. The molecule has 1 aliphatic carbocycles. The van der Waals surface area contributed by atoms with Crippen molar-refractivity contribution in [1.29, 1.82) is 0 Å². The van der Waals surface area contributed by atoms with Crippen molar-refractivity contribution in [2.45, 2.75) is 44.6 Å². The topological polar surface area (TPSA) is 99.6 Å². The van der Waals surface area contributed by atoms with E-state index in [4.69, 9.17) is 9.72 Å². The predicted molar refractivity (Wildman–Crippen MR) is 139 cm³/mol. The number of rotatable bonds is 7. The zero-order chi connectivity index (χ0) is 25.8. The zero-order valence-electron chi connectivity index (χ0n) is 20.0. The second kappa shape index (κ2) is 10.7. The quantitative estimate of drug-likeness (QED) is 0.177. The summed E-state index contributed by atoms with van der Waals surface area (Å²) in [6.45, 7) is -0.205. The molecule has 4 aromatic rings. The van der Waals surface area contributed by atoms with Crippen LogP contribution in [0.5, 0.6) is 5.75 Å². The number of fused-ring (bicyclic) bond motifs is 1. The summed E-state index contributed by atoms with van der Waals surface area (Å²) in [6, 6.07) is 17.6. The molecule has 8 nitrogen and oxygen atoms in total. The van der Waals surface area contributed by atoms with E-state index >= 15 is 0 Å². The average molecular weight is 501 g/mol. The molecule has 5 rings (SSSR count). The summed E-state index contributed by atoms with van der Waals surface area (Å²) >= 11 is 0. The number of nitrogens with zero attached hydrogens (tertiary/aromatic N) is 4. The van der Waals surface area contributed by atoms with Crippen LogP contribution in [0.15, 0.2) is 76.6 Å². The van der Waals surface area contributed by atoms with E-state index in [0.717, 1.165) is 32.1 Å². The van der Waals surface area contributed by atoms with E-state index in [1.165, 1.54) is 29.1 Å². The third kappa shape index (κ3) is 5.11. The van der Waals surface area contributed by atoms with Crippen LogP contribution in [0.4, 0.5) is 10.1 Å². The van der Waals surface area contributed by atoms with Crippen molar-refractivity contribution in [3.05, 3.63) is 110 Å². The lowest BCUT2D eigenvalue weighted by Crippen LogP contribution is -2.25. The summed E-state index contributed by atoms with van der Waals surface area (Å²) < 4.78 is 21.2. The first kappa shape index (κ1) is 24.3. The Hall–Kier alpha value is -4.40.